The van der Waals surface area contributed by atoms with Gasteiger partial charge in [-0.1, -0.05) is 24.9 Å². The van der Waals surface area contributed by atoms with Gasteiger partial charge < -0.3 is 19.4 Å². The molecule has 0 radical (unpaired) electrons. The second kappa shape index (κ2) is 17.6. The molecule has 0 aliphatic carbocycles. The molecule has 3 aromatic carbocycles. The van der Waals surface area contributed by atoms with Crippen molar-refractivity contribution in [2.45, 2.75) is 70.5 Å². The molecule has 3 aromatic rings. The summed E-state index contributed by atoms with van der Waals surface area (Å²) in [6.45, 7) is 11.0. The van der Waals surface area contributed by atoms with Gasteiger partial charge in [0.25, 0.3) is 17.7 Å². The summed E-state index contributed by atoms with van der Waals surface area (Å²) in [6, 6.07) is 20.1. The fourth-order valence-electron chi connectivity index (χ4n) is 8.84. The number of anilines is 2. The van der Waals surface area contributed by atoms with Crippen LogP contribution >= 0.6 is 11.6 Å². The minimum Gasteiger partial charge on any atom is -0.497 e. The molecule has 304 valence electrons. The Kier molecular flexibility index (Phi) is 12.4. The van der Waals surface area contributed by atoms with E-state index in [0.29, 0.717) is 45.5 Å². The Balaban J connectivity index is 0.000000404. The summed E-state index contributed by atoms with van der Waals surface area (Å²) in [7, 11) is 1.55. The SMILES string of the molecule is CCCC1CCC(C)N1C(=O)c1ccc(N2CCN(CC3CN(c4ccc5c(c4)C(=O)N(C4CCC(=O)NC4=O)C5=O)C3)CC2)cc1.COc1ccc(C#N)c(Cl)c1. The molecule has 0 saturated carbocycles. The maximum Gasteiger partial charge on any atom is 0.262 e. The Morgan fingerprint density at radius 2 is 1.59 bits per heavy atom. The number of methoxy groups -OCH3 is 1. The van der Waals surface area contributed by atoms with E-state index in [1.165, 1.54) is 0 Å². The number of nitrogens with one attached hydrogen (secondary N) is 1. The first kappa shape index (κ1) is 40.7. The third kappa shape index (κ3) is 8.40. The number of benzene rings is 3. The van der Waals surface area contributed by atoms with Crippen LogP contribution in [0.15, 0.2) is 60.7 Å². The predicted molar refractivity (Wildman–Crippen MR) is 220 cm³/mol. The molecule has 5 aliphatic heterocycles. The van der Waals surface area contributed by atoms with Crippen LogP contribution < -0.4 is 19.9 Å². The summed E-state index contributed by atoms with van der Waals surface area (Å²) in [5.41, 5.74) is 3.94. The quantitative estimate of drug-likeness (QED) is 0.281. The van der Waals surface area contributed by atoms with E-state index >= 15 is 0 Å². The lowest BCUT2D eigenvalue weighted by atomic mass is 9.97. The highest BCUT2D eigenvalue weighted by molar-refractivity contribution is 6.31. The molecule has 3 unspecified atom stereocenters. The standard InChI is InChI=1S/C36H44N6O5.C8H6ClNO/c1-3-4-27-8-5-23(2)41(27)34(45)25-6-9-26(10-7-25)39-17-15-38(16-18-39)20-24-21-40(22-24)28-11-12-29-30(19-28)36(47)42(35(29)46)31-13-14-32(43)37-33(31)44;1-11-7-3-2-6(5-10)8(9)4-7/h6-7,9-12,19,23-24,27,31H,3-5,8,13-18,20-22H2,1-2H3,(H,37,43,44);2-4H,1H3. The third-order valence-corrected chi connectivity index (χ3v) is 12.4. The predicted octanol–water partition coefficient (Wildman–Crippen LogP) is 5.36. The highest BCUT2D eigenvalue weighted by Crippen LogP contribution is 2.34. The molecule has 3 atom stereocenters. The van der Waals surface area contributed by atoms with Crippen LogP contribution in [-0.4, -0.2) is 115 Å². The number of likely N-dealkylation sites (tertiary alicyclic amines) is 1. The van der Waals surface area contributed by atoms with Gasteiger partial charge in [-0.25, -0.2) is 0 Å². The van der Waals surface area contributed by atoms with E-state index in [2.05, 4.69) is 50.9 Å². The average molecular weight is 808 g/mol. The number of amides is 5. The van der Waals surface area contributed by atoms with Gasteiger partial charge in [-0.05, 0) is 87.2 Å². The smallest absolute Gasteiger partial charge is 0.262 e. The first-order chi connectivity index (χ1) is 28.0. The number of rotatable bonds is 9. The van der Waals surface area contributed by atoms with Crippen LogP contribution in [0, 0.1) is 17.2 Å². The molecule has 14 heteroatoms. The number of hydrogen-bond donors (Lipinski definition) is 1. The van der Waals surface area contributed by atoms with Crippen LogP contribution in [-0.2, 0) is 9.59 Å². The van der Waals surface area contributed by atoms with Crippen LogP contribution in [0.25, 0.3) is 0 Å². The van der Waals surface area contributed by atoms with Gasteiger partial charge in [0.15, 0.2) is 0 Å². The Labute approximate surface area is 344 Å². The summed E-state index contributed by atoms with van der Waals surface area (Å²) in [5, 5.41) is 11.2. The van der Waals surface area contributed by atoms with Crippen LogP contribution in [0.4, 0.5) is 11.4 Å². The van der Waals surface area contributed by atoms with Crippen molar-refractivity contribution >= 4 is 52.5 Å². The number of carbonyl (C=O) groups excluding carboxylic acids is 5. The monoisotopic (exact) mass is 807 g/mol. The molecule has 58 heavy (non-hydrogen) atoms. The van der Waals surface area contributed by atoms with Crippen molar-refractivity contribution in [2.24, 2.45) is 5.92 Å². The van der Waals surface area contributed by atoms with E-state index in [0.717, 1.165) is 93.3 Å². The molecule has 1 N–H and O–H groups in total. The Bertz CT molecular complexity index is 2110. The molecule has 0 aromatic heterocycles. The van der Waals surface area contributed by atoms with Crippen molar-refractivity contribution in [1.29, 1.82) is 5.26 Å². The number of piperidine rings is 1. The first-order valence-electron chi connectivity index (χ1n) is 20.2. The number of halogens is 1. The topological polar surface area (TPSA) is 147 Å². The Morgan fingerprint density at radius 1 is 0.879 bits per heavy atom. The Morgan fingerprint density at radius 3 is 2.24 bits per heavy atom. The summed E-state index contributed by atoms with van der Waals surface area (Å²) in [5.74, 6) is -0.594. The second-order valence-electron chi connectivity index (χ2n) is 15.8. The van der Waals surface area contributed by atoms with Crippen molar-refractivity contribution in [1.82, 2.24) is 20.0 Å². The molecule has 4 saturated heterocycles. The van der Waals surface area contributed by atoms with E-state index in [-0.39, 0.29) is 24.7 Å². The fourth-order valence-corrected chi connectivity index (χ4v) is 9.05. The number of fused-ring (bicyclic) bond motifs is 1. The highest BCUT2D eigenvalue weighted by Gasteiger charge is 2.45. The minimum atomic E-state index is -0.955. The van der Waals surface area contributed by atoms with Gasteiger partial charge in [-0.3, -0.25) is 39.1 Å². The van der Waals surface area contributed by atoms with Crippen molar-refractivity contribution < 1.29 is 28.7 Å². The molecule has 5 aliphatic rings. The van der Waals surface area contributed by atoms with E-state index in [9.17, 15) is 24.0 Å². The van der Waals surface area contributed by atoms with Gasteiger partial charge >= 0.3 is 0 Å². The number of nitrogens with zero attached hydrogens (tertiary/aromatic N) is 6. The van der Waals surface area contributed by atoms with E-state index in [4.69, 9.17) is 21.6 Å². The number of carbonyl (C=O) groups is 5. The van der Waals surface area contributed by atoms with Gasteiger partial charge in [-0.15, -0.1) is 0 Å². The van der Waals surface area contributed by atoms with Crippen LogP contribution in [0.1, 0.15) is 89.0 Å². The van der Waals surface area contributed by atoms with Crippen molar-refractivity contribution in [2.75, 3.05) is 62.7 Å². The molecule has 5 amide bonds. The average Bonchev–Trinajstić information content (AvgIpc) is 3.70. The van der Waals surface area contributed by atoms with Gasteiger partial charge in [-0.2, -0.15) is 5.26 Å². The van der Waals surface area contributed by atoms with Crippen LogP contribution in [0.2, 0.25) is 5.02 Å². The van der Waals surface area contributed by atoms with Crippen LogP contribution in [0.3, 0.4) is 0 Å². The number of imide groups is 2. The van der Waals surface area contributed by atoms with Gasteiger partial charge in [0.05, 0.1) is 28.8 Å². The van der Waals surface area contributed by atoms with Gasteiger partial charge in [0.1, 0.15) is 17.9 Å². The summed E-state index contributed by atoms with van der Waals surface area (Å²) in [4.78, 5) is 73.8. The van der Waals surface area contributed by atoms with Gasteiger partial charge in [0.2, 0.25) is 11.8 Å². The highest BCUT2D eigenvalue weighted by atomic mass is 35.5. The van der Waals surface area contributed by atoms with Crippen molar-refractivity contribution in [3.63, 3.8) is 0 Å². The lowest BCUT2D eigenvalue weighted by molar-refractivity contribution is -0.136. The zero-order valence-electron chi connectivity index (χ0n) is 33.3. The molecule has 4 fully saturated rings. The maximum absolute atomic E-state index is 13.3. The minimum absolute atomic E-state index is 0.104. The molecule has 8 rings (SSSR count). The first-order valence-corrected chi connectivity index (χ1v) is 20.6. The fraction of sp³-hybridized carbons (Fsp3) is 0.455. The summed E-state index contributed by atoms with van der Waals surface area (Å²) in [6.07, 6.45) is 4.61. The molecular weight excluding hydrogens is 758 g/mol. The van der Waals surface area contributed by atoms with Crippen LogP contribution in [0.5, 0.6) is 5.75 Å². The Hall–Kier alpha value is -5.45. The summed E-state index contributed by atoms with van der Waals surface area (Å²) < 4.78 is 4.90. The number of nitriles is 1. The van der Waals surface area contributed by atoms with Crippen molar-refractivity contribution in [3.8, 4) is 11.8 Å². The van der Waals surface area contributed by atoms with E-state index < -0.39 is 23.8 Å². The van der Waals surface area contributed by atoms with E-state index in [1.807, 2.05) is 24.3 Å². The number of piperazine rings is 1. The number of hydrogen-bond acceptors (Lipinski definition) is 10. The molecular formula is C44H50ClN7O6. The normalized spacial score (nSPS) is 22.2. The van der Waals surface area contributed by atoms with Crippen molar-refractivity contribution in [3.05, 3.63) is 87.9 Å². The second-order valence-corrected chi connectivity index (χ2v) is 16.2. The molecule has 5 heterocycles. The zero-order chi connectivity index (χ0) is 41.1. The lowest BCUT2D eigenvalue weighted by Crippen LogP contribution is -2.55. The zero-order valence-corrected chi connectivity index (χ0v) is 34.0. The van der Waals surface area contributed by atoms with Gasteiger partial charge in [0, 0.05) is 93.2 Å². The number of ether oxygens (including phenoxy) is 1. The molecule has 0 spiro atoms. The molecule has 0 bridgehead atoms. The lowest BCUT2D eigenvalue weighted by Gasteiger charge is -2.45. The molecule has 13 nitrogen and oxygen atoms in total. The maximum atomic E-state index is 13.3. The third-order valence-electron chi connectivity index (χ3n) is 12.1. The van der Waals surface area contributed by atoms with E-state index in [1.54, 1.807) is 37.4 Å². The summed E-state index contributed by atoms with van der Waals surface area (Å²) >= 11 is 5.71. The largest absolute Gasteiger partial charge is 0.497 e.